The topological polar surface area (TPSA) is 45.2 Å². The lowest BCUT2D eigenvalue weighted by Gasteiger charge is -2.27. The first-order chi connectivity index (χ1) is 12.5. The van der Waals surface area contributed by atoms with Crippen molar-refractivity contribution in [2.24, 2.45) is 0 Å². The summed E-state index contributed by atoms with van der Waals surface area (Å²) >= 11 is 0. The van der Waals surface area contributed by atoms with E-state index in [2.05, 4.69) is 42.3 Å². The number of hydrogen-bond donors (Lipinski definition) is 1. The molecule has 0 spiro atoms. The molecule has 0 fully saturated rings. The maximum Gasteiger partial charge on any atom is 0.261 e. The first-order valence-corrected chi connectivity index (χ1v) is 8.73. The smallest absolute Gasteiger partial charge is 0.261 e. The number of fused-ring (bicyclic) bond motifs is 1. The number of nitrogens with one attached hydrogen (secondary N) is 1. The lowest BCUT2D eigenvalue weighted by molar-refractivity contribution is 0.0992. The average molecular weight is 343 g/mol. The molecule has 1 N–H and O–H groups in total. The Hall–Kier alpha value is -3.14. The molecule has 0 radical (unpaired) electrons. The second kappa shape index (κ2) is 6.30. The Morgan fingerprint density at radius 1 is 0.962 bits per heavy atom. The van der Waals surface area contributed by atoms with Crippen molar-refractivity contribution in [2.45, 2.75) is 26.9 Å². The Balaban J connectivity index is 1.80. The Kier molecular flexibility index (Phi) is 3.96. The van der Waals surface area contributed by atoms with Gasteiger partial charge in [-0.3, -0.25) is 9.69 Å². The van der Waals surface area contributed by atoms with Gasteiger partial charge in [-0.15, -0.1) is 0 Å². The van der Waals surface area contributed by atoms with E-state index in [1.165, 1.54) is 5.56 Å². The van der Waals surface area contributed by atoms with Gasteiger partial charge in [0.05, 0.1) is 0 Å². The largest absolute Gasteiger partial charge is 0.361 e. The van der Waals surface area contributed by atoms with Gasteiger partial charge in [0.2, 0.25) is 0 Å². The van der Waals surface area contributed by atoms with Crippen molar-refractivity contribution >= 4 is 17.4 Å². The summed E-state index contributed by atoms with van der Waals surface area (Å²) in [4.78, 5) is 19.3. The summed E-state index contributed by atoms with van der Waals surface area (Å²) in [6.45, 7) is 6.12. The van der Waals surface area contributed by atoms with Crippen LogP contribution in [0, 0.1) is 20.8 Å². The molecule has 0 saturated heterocycles. The highest BCUT2D eigenvalue weighted by atomic mass is 16.2. The molecule has 4 heteroatoms. The molecule has 0 saturated carbocycles. The zero-order valence-electron chi connectivity index (χ0n) is 15.2. The van der Waals surface area contributed by atoms with Crippen LogP contribution in [0.25, 0.3) is 0 Å². The monoisotopic (exact) mass is 343 g/mol. The van der Waals surface area contributed by atoms with Crippen molar-refractivity contribution in [1.82, 2.24) is 4.98 Å². The van der Waals surface area contributed by atoms with Crippen LogP contribution in [0.15, 0.2) is 60.8 Å². The maximum absolute atomic E-state index is 13.1. The van der Waals surface area contributed by atoms with Gasteiger partial charge in [0.15, 0.2) is 0 Å². The normalized spacial score (nSPS) is 15.9. The number of rotatable bonds is 3. The highest BCUT2D eigenvalue weighted by Crippen LogP contribution is 2.37. The molecule has 3 aromatic rings. The van der Waals surface area contributed by atoms with Crippen LogP contribution in [-0.2, 0) is 0 Å². The van der Waals surface area contributed by atoms with E-state index in [1.54, 1.807) is 11.1 Å². The summed E-state index contributed by atoms with van der Waals surface area (Å²) in [6, 6.07) is 17.9. The van der Waals surface area contributed by atoms with E-state index < -0.39 is 0 Å². The van der Waals surface area contributed by atoms with Gasteiger partial charge in [0.25, 0.3) is 5.91 Å². The fourth-order valence-electron chi connectivity index (χ4n) is 3.34. The number of nitrogens with zero attached hydrogens (tertiary/aromatic N) is 2. The molecular formula is C22H21N3O. The van der Waals surface area contributed by atoms with Crippen molar-refractivity contribution in [3.05, 3.63) is 88.6 Å². The zero-order chi connectivity index (χ0) is 18.3. The fourth-order valence-corrected chi connectivity index (χ4v) is 3.34. The number of carbonyl (C=O) groups excluding carboxylic acids is 1. The van der Waals surface area contributed by atoms with Gasteiger partial charge in [-0.2, -0.15) is 0 Å². The summed E-state index contributed by atoms with van der Waals surface area (Å²) in [5, 5.41) is 3.56. The SMILES string of the molecule is Cc1ccc(N2C(=O)c3ccccc3C2Nc2cc(C)ccc2C)nc1. The van der Waals surface area contributed by atoms with E-state index in [-0.39, 0.29) is 12.1 Å². The predicted molar refractivity (Wildman–Crippen MR) is 105 cm³/mol. The number of aryl methyl sites for hydroxylation is 3. The molecule has 130 valence electrons. The molecule has 26 heavy (non-hydrogen) atoms. The Morgan fingerprint density at radius 2 is 1.73 bits per heavy atom. The van der Waals surface area contributed by atoms with E-state index in [1.807, 2.05) is 43.3 Å². The van der Waals surface area contributed by atoms with Crippen molar-refractivity contribution in [2.75, 3.05) is 10.2 Å². The third-order valence-corrected chi connectivity index (χ3v) is 4.79. The molecule has 0 aliphatic carbocycles. The van der Waals surface area contributed by atoms with Gasteiger partial charge in [-0.25, -0.2) is 4.98 Å². The second-order valence-electron chi connectivity index (χ2n) is 6.82. The summed E-state index contributed by atoms with van der Waals surface area (Å²) < 4.78 is 0. The van der Waals surface area contributed by atoms with Gasteiger partial charge in [0.1, 0.15) is 12.0 Å². The third-order valence-electron chi connectivity index (χ3n) is 4.79. The molecule has 4 rings (SSSR count). The lowest BCUT2D eigenvalue weighted by atomic mass is 10.1. The van der Waals surface area contributed by atoms with Crippen molar-refractivity contribution in [3.63, 3.8) is 0 Å². The molecule has 0 bridgehead atoms. The van der Waals surface area contributed by atoms with Crippen molar-refractivity contribution in [3.8, 4) is 0 Å². The second-order valence-corrected chi connectivity index (χ2v) is 6.82. The molecule has 1 atom stereocenters. The maximum atomic E-state index is 13.1. The highest BCUT2D eigenvalue weighted by molar-refractivity contribution is 6.11. The molecule has 1 unspecified atom stereocenters. The molecular weight excluding hydrogens is 322 g/mol. The number of amides is 1. The molecule has 1 amide bonds. The molecule has 1 aromatic heterocycles. The number of pyridine rings is 1. The van der Waals surface area contributed by atoms with Crippen LogP contribution in [0.3, 0.4) is 0 Å². The van der Waals surface area contributed by atoms with Gasteiger partial charge in [0, 0.05) is 23.0 Å². The van der Waals surface area contributed by atoms with Crippen LogP contribution >= 0.6 is 0 Å². The van der Waals surface area contributed by atoms with Gasteiger partial charge < -0.3 is 5.32 Å². The molecule has 4 nitrogen and oxygen atoms in total. The number of aromatic nitrogens is 1. The fraction of sp³-hybridized carbons (Fsp3) is 0.182. The van der Waals surface area contributed by atoms with Crippen LogP contribution in [0.1, 0.15) is 38.8 Å². The minimum atomic E-state index is -0.283. The molecule has 2 aromatic carbocycles. The van der Waals surface area contributed by atoms with E-state index in [4.69, 9.17) is 0 Å². The Labute approximate surface area is 153 Å². The number of carbonyl (C=O) groups is 1. The number of benzene rings is 2. The van der Waals surface area contributed by atoms with Crippen LogP contribution in [0.4, 0.5) is 11.5 Å². The van der Waals surface area contributed by atoms with Crippen LogP contribution in [0.5, 0.6) is 0 Å². The van der Waals surface area contributed by atoms with Crippen molar-refractivity contribution < 1.29 is 4.79 Å². The van der Waals surface area contributed by atoms with Gasteiger partial charge in [-0.05, 0) is 55.7 Å². The first-order valence-electron chi connectivity index (χ1n) is 8.73. The zero-order valence-corrected chi connectivity index (χ0v) is 15.2. The minimum Gasteiger partial charge on any atom is -0.361 e. The minimum absolute atomic E-state index is 0.0280. The van der Waals surface area contributed by atoms with Gasteiger partial charge >= 0.3 is 0 Å². The molecule has 1 aliphatic rings. The number of anilines is 2. The van der Waals surface area contributed by atoms with Crippen molar-refractivity contribution in [1.29, 1.82) is 0 Å². The Morgan fingerprint density at radius 3 is 2.50 bits per heavy atom. The first kappa shape index (κ1) is 16.3. The lowest BCUT2D eigenvalue weighted by Crippen LogP contribution is -2.33. The van der Waals surface area contributed by atoms with Crippen LogP contribution < -0.4 is 10.2 Å². The average Bonchev–Trinajstić information content (AvgIpc) is 2.92. The van der Waals surface area contributed by atoms with E-state index in [0.29, 0.717) is 5.82 Å². The Bertz CT molecular complexity index is 979. The summed E-state index contributed by atoms with van der Waals surface area (Å²) in [6.07, 6.45) is 1.51. The van der Waals surface area contributed by atoms with E-state index >= 15 is 0 Å². The summed E-state index contributed by atoms with van der Waals surface area (Å²) in [7, 11) is 0. The van der Waals surface area contributed by atoms with E-state index in [0.717, 1.165) is 27.9 Å². The third kappa shape index (κ3) is 2.73. The highest BCUT2D eigenvalue weighted by Gasteiger charge is 2.38. The predicted octanol–water partition coefficient (Wildman–Crippen LogP) is 4.78. The molecule has 2 heterocycles. The van der Waals surface area contributed by atoms with Gasteiger partial charge in [-0.1, -0.05) is 36.4 Å². The molecule has 1 aliphatic heterocycles. The quantitative estimate of drug-likeness (QED) is 0.744. The summed E-state index contributed by atoms with van der Waals surface area (Å²) in [5.41, 5.74) is 6.10. The summed E-state index contributed by atoms with van der Waals surface area (Å²) in [5.74, 6) is 0.624. The van der Waals surface area contributed by atoms with Crippen LogP contribution in [-0.4, -0.2) is 10.9 Å². The number of hydrogen-bond acceptors (Lipinski definition) is 3. The standard InChI is InChI=1S/C22H21N3O/c1-14-8-10-16(3)19(12-14)24-21-17-6-4-5-7-18(17)22(26)25(21)20-11-9-15(2)13-23-20/h4-13,21,24H,1-3H3. The van der Waals surface area contributed by atoms with E-state index in [9.17, 15) is 4.79 Å². The van der Waals surface area contributed by atoms with Crippen LogP contribution in [0.2, 0.25) is 0 Å².